The van der Waals surface area contributed by atoms with Gasteiger partial charge in [-0.2, -0.15) is 0 Å². The summed E-state index contributed by atoms with van der Waals surface area (Å²) in [5.41, 5.74) is 6.68. The van der Waals surface area contributed by atoms with Gasteiger partial charge in [0.1, 0.15) is 0 Å². The number of fused-ring (bicyclic) bond motifs is 4. The molecule has 0 atom stereocenters. The molecule has 0 aliphatic heterocycles. The zero-order valence-corrected chi connectivity index (χ0v) is 20.3. The highest BCUT2D eigenvalue weighted by molar-refractivity contribution is 6.16. The normalized spacial score (nSPS) is 11.2. The van der Waals surface area contributed by atoms with E-state index in [0.717, 1.165) is 33.5 Å². The number of anilines is 3. The molecule has 1 aromatic heterocycles. The van der Waals surface area contributed by atoms with Crippen molar-refractivity contribution in [1.82, 2.24) is 4.98 Å². The molecular weight excluding hydrogens is 448 g/mol. The van der Waals surface area contributed by atoms with E-state index in [0.29, 0.717) is 0 Å². The Morgan fingerprint density at radius 2 is 1.03 bits per heavy atom. The fraction of sp³-hybridized carbons (Fsp3) is 0. The predicted octanol–water partition coefficient (Wildman–Crippen LogP) is 9.68. The number of pyridine rings is 1. The van der Waals surface area contributed by atoms with Crippen LogP contribution in [-0.4, -0.2) is 4.98 Å². The van der Waals surface area contributed by atoms with Crippen LogP contribution in [0.4, 0.5) is 17.1 Å². The predicted molar refractivity (Wildman–Crippen MR) is 157 cm³/mol. The zero-order valence-electron chi connectivity index (χ0n) is 20.3. The van der Waals surface area contributed by atoms with Crippen LogP contribution in [0.25, 0.3) is 43.6 Å². The van der Waals surface area contributed by atoms with Crippen molar-refractivity contribution in [2.45, 2.75) is 0 Å². The summed E-state index contributed by atoms with van der Waals surface area (Å²) in [6.07, 6.45) is 1.90. The molecule has 0 unspecified atom stereocenters. The van der Waals surface area contributed by atoms with Crippen molar-refractivity contribution in [3.63, 3.8) is 0 Å². The molecule has 0 bridgehead atoms. The summed E-state index contributed by atoms with van der Waals surface area (Å²) in [6, 6.07) is 49.4. The van der Waals surface area contributed by atoms with Gasteiger partial charge in [-0.25, -0.2) is 0 Å². The van der Waals surface area contributed by atoms with Gasteiger partial charge in [0, 0.05) is 28.5 Å². The van der Waals surface area contributed by atoms with E-state index < -0.39 is 0 Å². The minimum absolute atomic E-state index is 0.997. The molecule has 0 radical (unpaired) electrons. The summed E-state index contributed by atoms with van der Waals surface area (Å²) in [5, 5.41) is 6.13. The number of para-hydroxylation sites is 2. The molecule has 0 fully saturated rings. The second-order valence-electron chi connectivity index (χ2n) is 9.23. The first-order valence-electron chi connectivity index (χ1n) is 12.6. The molecule has 0 aliphatic carbocycles. The number of aromatic nitrogens is 1. The van der Waals surface area contributed by atoms with Crippen LogP contribution in [0.5, 0.6) is 0 Å². The highest BCUT2D eigenvalue weighted by atomic mass is 15.1. The smallest absolute Gasteiger partial charge is 0.0801 e. The Bertz CT molecular complexity index is 1840. The van der Waals surface area contributed by atoms with Crippen molar-refractivity contribution >= 4 is 49.5 Å². The van der Waals surface area contributed by atoms with Gasteiger partial charge >= 0.3 is 0 Å². The Hall–Kier alpha value is -4.95. The van der Waals surface area contributed by atoms with Crippen LogP contribution in [0.3, 0.4) is 0 Å². The Balaban J connectivity index is 1.52. The maximum absolute atomic E-state index is 4.95. The molecule has 2 heteroatoms. The first kappa shape index (κ1) is 21.3. The summed E-state index contributed by atoms with van der Waals surface area (Å²) in [7, 11) is 0. The molecule has 0 amide bonds. The summed E-state index contributed by atoms with van der Waals surface area (Å²) in [5.74, 6) is 0. The standard InChI is InChI=1S/C35H24N2/c1-3-13-26(14-4-1)37(27-15-5-2-6-16-27)34-22-21-31(35-32(34)20-11-23-36-35)33-24-25-12-7-8-17-28(25)29-18-9-10-19-30(29)33/h1-24H. The van der Waals surface area contributed by atoms with Crippen molar-refractivity contribution in [2.24, 2.45) is 0 Å². The maximum Gasteiger partial charge on any atom is 0.0801 e. The van der Waals surface area contributed by atoms with E-state index in [9.17, 15) is 0 Å². The molecule has 174 valence electrons. The highest BCUT2D eigenvalue weighted by Gasteiger charge is 2.18. The molecule has 2 nitrogen and oxygen atoms in total. The van der Waals surface area contributed by atoms with E-state index in [1.165, 1.54) is 27.1 Å². The van der Waals surface area contributed by atoms with Crippen molar-refractivity contribution in [3.05, 3.63) is 146 Å². The lowest BCUT2D eigenvalue weighted by Gasteiger charge is -2.27. The fourth-order valence-electron chi connectivity index (χ4n) is 5.43. The summed E-state index contributed by atoms with van der Waals surface area (Å²) < 4.78 is 0. The number of hydrogen-bond donors (Lipinski definition) is 0. The molecule has 0 saturated carbocycles. The van der Waals surface area contributed by atoms with Crippen LogP contribution < -0.4 is 4.90 Å². The third-order valence-electron chi connectivity index (χ3n) is 7.07. The molecular formula is C35H24N2. The van der Waals surface area contributed by atoms with Gasteiger partial charge in [0.05, 0.1) is 11.2 Å². The molecule has 0 saturated heterocycles. The summed E-state index contributed by atoms with van der Waals surface area (Å²) in [4.78, 5) is 7.26. The fourth-order valence-corrected chi connectivity index (χ4v) is 5.43. The van der Waals surface area contributed by atoms with Gasteiger partial charge in [-0.15, -0.1) is 0 Å². The van der Waals surface area contributed by atoms with Gasteiger partial charge in [-0.05, 0) is 75.6 Å². The molecule has 0 spiro atoms. The second-order valence-corrected chi connectivity index (χ2v) is 9.23. The van der Waals surface area contributed by atoms with Gasteiger partial charge in [-0.1, -0.05) is 91.0 Å². The third kappa shape index (κ3) is 3.62. The Kier molecular flexibility index (Phi) is 5.15. The van der Waals surface area contributed by atoms with Crippen molar-refractivity contribution < 1.29 is 0 Å². The van der Waals surface area contributed by atoms with Gasteiger partial charge in [0.25, 0.3) is 0 Å². The van der Waals surface area contributed by atoms with E-state index in [-0.39, 0.29) is 0 Å². The van der Waals surface area contributed by atoms with Gasteiger partial charge in [0.2, 0.25) is 0 Å². The third-order valence-corrected chi connectivity index (χ3v) is 7.07. The van der Waals surface area contributed by atoms with Crippen LogP contribution in [0, 0.1) is 0 Å². The maximum atomic E-state index is 4.95. The highest BCUT2D eigenvalue weighted by Crippen LogP contribution is 2.43. The minimum Gasteiger partial charge on any atom is -0.310 e. The average Bonchev–Trinajstić information content (AvgIpc) is 2.98. The Morgan fingerprint density at radius 3 is 1.76 bits per heavy atom. The topological polar surface area (TPSA) is 16.1 Å². The zero-order chi connectivity index (χ0) is 24.6. The number of hydrogen-bond acceptors (Lipinski definition) is 2. The van der Waals surface area contributed by atoms with E-state index in [1.54, 1.807) is 0 Å². The molecule has 0 aliphatic rings. The molecule has 6 aromatic carbocycles. The lowest BCUT2D eigenvalue weighted by molar-refractivity contribution is 1.29. The Labute approximate surface area is 216 Å². The van der Waals surface area contributed by atoms with Gasteiger partial charge in [-0.3, -0.25) is 4.98 Å². The van der Waals surface area contributed by atoms with E-state index in [1.807, 2.05) is 12.3 Å². The number of benzene rings is 6. The SMILES string of the molecule is c1ccc(N(c2ccccc2)c2ccc(-c3cc4ccccc4c4ccccc34)c3ncccc23)cc1. The van der Waals surface area contributed by atoms with Crippen molar-refractivity contribution in [1.29, 1.82) is 0 Å². The molecule has 7 aromatic rings. The van der Waals surface area contributed by atoms with Crippen molar-refractivity contribution in [3.8, 4) is 11.1 Å². The van der Waals surface area contributed by atoms with Crippen LogP contribution >= 0.6 is 0 Å². The van der Waals surface area contributed by atoms with Gasteiger partial charge < -0.3 is 4.90 Å². The second kappa shape index (κ2) is 8.92. The molecule has 37 heavy (non-hydrogen) atoms. The van der Waals surface area contributed by atoms with Crippen LogP contribution in [-0.2, 0) is 0 Å². The lowest BCUT2D eigenvalue weighted by Crippen LogP contribution is -2.10. The van der Waals surface area contributed by atoms with E-state index in [2.05, 4.69) is 138 Å². The quantitative estimate of drug-likeness (QED) is 0.237. The average molecular weight is 473 g/mol. The van der Waals surface area contributed by atoms with Crippen molar-refractivity contribution in [2.75, 3.05) is 4.90 Å². The van der Waals surface area contributed by atoms with Crippen LogP contribution in [0.2, 0.25) is 0 Å². The van der Waals surface area contributed by atoms with Gasteiger partial charge in [0.15, 0.2) is 0 Å². The molecule has 1 heterocycles. The first-order chi connectivity index (χ1) is 18.4. The lowest BCUT2D eigenvalue weighted by atomic mass is 9.91. The Morgan fingerprint density at radius 1 is 0.432 bits per heavy atom. The van der Waals surface area contributed by atoms with Crippen LogP contribution in [0.1, 0.15) is 0 Å². The number of rotatable bonds is 4. The molecule has 7 rings (SSSR count). The van der Waals surface area contributed by atoms with Crippen LogP contribution in [0.15, 0.2) is 146 Å². The number of nitrogens with zero attached hydrogens (tertiary/aromatic N) is 2. The first-order valence-corrected chi connectivity index (χ1v) is 12.6. The van der Waals surface area contributed by atoms with E-state index >= 15 is 0 Å². The summed E-state index contributed by atoms with van der Waals surface area (Å²) >= 11 is 0. The monoisotopic (exact) mass is 472 g/mol. The summed E-state index contributed by atoms with van der Waals surface area (Å²) in [6.45, 7) is 0. The van der Waals surface area contributed by atoms with E-state index in [4.69, 9.17) is 4.98 Å². The minimum atomic E-state index is 0.997. The molecule has 0 N–H and O–H groups in total. The largest absolute Gasteiger partial charge is 0.310 e.